The van der Waals surface area contributed by atoms with Gasteiger partial charge >= 0.3 is 11.9 Å². The van der Waals surface area contributed by atoms with E-state index in [1.54, 1.807) is 31.2 Å². The molecule has 0 aromatic heterocycles. The predicted octanol–water partition coefficient (Wildman–Crippen LogP) is 4.77. The third kappa shape index (κ3) is 2.38. The Morgan fingerprint density at radius 3 is 2.37 bits per heavy atom. The molecule has 0 aliphatic carbocycles. The largest absolute Gasteiger partial charge is 0.456 e. The highest BCUT2D eigenvalue weighted by Crippen LogP contribution is 2.57. The van der Waals surface area contributed by atoms with Crippen molar-refractivity contribution in [1.29, 1.82) is 0 Å². The standard InChI is InChI=1S/C23H14F2O5/c1-11-7-19-15(8-17(11)24)23(14-6-4-3-5-13(14)22(27)30-23)16-9-18(25)21(28-12(2)26)10-20(16)29-19/h3-10H,1-2H3. The third-order valence-electron chi connectivity index (χ3n) is 5.30. The van der Waals surface area contributed by atoms with Gasteiger partial charge in [0, 0.05) is 18.6 Å². The van der Waals surface area contributed by atoms with Crippen LogP contribution in [0.4, 0.5) is 8.78 Å². The molecule has 0 saturated carbocycles. The van der Waals surface area contributed by atoms with Gasteiger partial charge in [-0.3, -0.25) is 4.79 Å². The molecule has 30 heavy (non-hydrogen) atoms. The van der Waals surface area contributed by atoms with Gasteiger partial charge in [-0.15, -0.1) is 0 Å². The number of ether oxygens (including phenoxy) is 3. The molecule has 1 spiro atoms. The third-order valence-corrected chi connectivity index (χ3v) is 5.30. The lowest BCUT2D eigenvalue weighted by Gasteiger charge is -2.36. The molecule has 150 valence electrons. The van der Waals surface area contributed by atoms with Gasteiger partial charge in [0.15, 0.2) is 17.2 Å². The van der Waals surface area contributed by atoms with Crippen LogP contribution in [0.25, 0.3) is 0 Å². The summed E-state index contributed by atoms with van der Waals surface area (Å²) in [6.45, 7) is 2.72. The molecule has 7 heteroatoms. The molecule has 5 rings (SSSR count). The van der Waals surface area contributed by atoms with Gasteiger partial charge in [0.25, 0.3) is 0 Å². The topological polar surface area (TPSA) is 61.8 Å². The van der Waals surface area contributed by atoms with Crippen molar-refractivity contribution in [2.45, 2.75) is 19.4 Å². The maximum Gasteiger partial charge on any atom is 0.340 e. The van der Waals surface area contributed by atoms with Crippen LogP contribution in [0.3, 0.4) is 0 Å². The van der Waals surface area contributed by atoms with Crippen molar-refractivity contribution in [3.05, 3.63) is 88.0 Å². The summed E-state index contributed by atoms with van der Waals surface area (Å²) < 4.78 is 46.0. The van der Waals surface area contributed by atoms with Crippen molar-refractivity contribution in [1.82, 2.24) is 0 Å². The summed E-state index contributed by atoms with van der Waals surface area (Å²) in [7, 11) is 0. The van der Waals surface area contributed by atoms with Crippen LogP contribution in [-0.2, 0) is 15.1 Å². The van der Waals surface area contributed by atoms with Gasteiger partial charge in [0.1, 0.15) is 17.3 Å². The van der Waals surface area contributed by atoms with Gasteiger partial charge in [0.05, 0.1) is 16.7 Å². The molecule has 0 fully saturated rings. The van der Waals surface area contributed by atoms with Crippen LogP contribution >= 0.6 is 0 Å². The van der Waals surface area contributed by atoms with Gasteiger partial charge in [-0.25, -0.2) is 13.6 Å². The lowest BCUT2D eigenvalue weighted by atomic mass is 9.77. The Morgan fingerprint density at radius 1 is 0.967 bits per heavy atom. The first kappa shape index (κ1) is 18.3. The highest BCUT2D eigenvalue weighted by Gasteiger charge is 2.54. The number of fused-ring (bicyclic) bond motifs is 6. The lowest BCUT2D eigenvalue weighted by molar-refractivity contribution is -0.132. The van der Waals surface area contributed by atoms with E-state index in [1.807, 2.05) is 0 Å². The summed E-state index contributed by atoms with van der Waals surface area (Å²) in [5, 5.41) is 0. The molecule has 0 saturated heterocycles. The molecule has 0 bridgehead atoms. The molecule has 2 aliphatic rings. The van der Waals surface area contributed by atoms with E-state index < -0.39 is 29.2 Å². The summed E-state index contributed by atoms with van der Waals surface area (Å²) >= 11 is 0. The minimum atomic E-state index is -1.60. The minimum absolute atomic E-state index is 0.135. The number of carbonyl (C=O) groups excluding carboxylic acids is 2. The maximum atomic E-state index is 14.8. The molecule has 1 unspecified atom stereocenters. The van der Waals surface area contributed by atoms with Crippen molar-refractivity contribution in [2.75, 3.05) is 0 Å². The molecule has 2 aliphatic heterocycles. The van der Waals surface area contributed by atoms with Gasteiger partial charge < -0.3 is 14.2 Å². The maximum absolute atomic E-state index is 14.8. The van der Waals surface area contributed by atoms with Gasteiger partial charge in [0.2, 0.25) is 0 Å². The summed E-state index contributed by atoms with van der Waals surface area (Å²) in [4.78, 5) is 24.0. The first-order chi connectivity index (χ1) is 14.3. The zero-order valence-corrected chi connectivity index (χ0v) is 15.9. The van der Waals surface area contributed by atoms with Crippen LogP contribution < -0.4 is 9.47 Å². The zero-order valence-electron chi connectivity index (χ0n) is 15.9. The number of hydrogen-bond acceptors (Lipinski definition) is 5. The molecule has 0 amide bonds. The number of halogens is 2. The molecule has 0 N–H and O–H groups in total. The number of rotatable bonds is 1. The first-order valence-electron chi connectivity index (χ1n) is 9.15. The fourth-order valence-corrected chi connectivity index (χ4v) is 4.02. The molecule has 3 aromatic rings. The SMILES string of the molecule is CC(=O)Oc1cc2c(cc1F)C1(OC(=O)c3ccccc31)c1cc(F)c(C)cc1O2. The second-order valence-corrected chi connectivity index (χ2v) is 7.19. The zero-order chi connectivity index (χ0) is 21.2. The highest BCUT2D eigenvalue weighted by atomic mass is 19.1. The van der Waals surface area contributed by atoms with Crippen LogP contribution in [0, 0.1) is 18.6 Å². The van der Waals surface area contributed by atoms with E-state index in [9.17, 15) is 18.4 Å². The van der Waals surface area contributed by atoms with E-state index >= 15 is 0 Å². The highest BCUT2D eigenvalue weighted by molar-refractivity contribution is 5.97. The summed E-state index contributed by atoms with van der Waals surface area (Å²) in [5.74, 6) is -2.61. The monoisotopic (exact) mass is 408 g/mol. The fraction of sp³-hybridized carbons (Fsp3) is 0.130. The fourth-order valence-electron chi connectivity index (χ4n) is 4.02. The molecule has 0 radical (unpaired) electrons. The van der Waals surface area contributed by atoms with Crippen LogP contribution in [0.2, 0.25) is 0 Å². The molecule has 5 nitrogen and oxygen atoms in total. The van der Waals surface area contributed by atoms with Crippen LogP contribution in [-0.4, -0.2) is 11.9 Å². The predicted molar refractivity (Wildman–Crippen MR) is 101 cm³/mol. The molecule has 1 atom stereocenters. The summed E-state index contributed by atoms with van der Waals surface area (Å²) in [5.41, 5.74) is -0.112. The Balaban J connectivity index is 1.86. The Bertz CT molecular complexity index is 1270. The number of carbonyl (C=O) groups is 2. The number of esters is 2. The Labute approximate surface area is 169 Å². The van der Waals surface area contributed by atoms with E-state index in [1.165, 1.54) is 18.2 Å². The second kappa shape index (κ2) is 6.13. The normalized spacial score (nSPS) is 18.2. The summed E-state index contributed by atoms with van der Waals surface area (Å²) in [6.07, 6.45) is 0. The van der Waals surface area contributed by atoms with Crippen molar-refractivity contribution >= 4 is 11.9 Å². The van der Waals surface area contributed by atoms with Crippen molar-refractivity contribution in [2.24, 2.45) is 0 Å². The van der Waals surface area contributed by atoms with Gasteiger partial charge in [-0.2, -0.15) is 0 Å². The van der Waals surface area contributed by atoms with Gasteiger partial charge in [-0.1, -0.05) is 18.2 Å². The molecular weight excluding hydrogens is 394 g/mol. The second-order valence-electron chi connectivity index (χ2n) is 7.19. The average Bonchev–Trinajstić information content (AvgIpc) is 2.99. The van der Waals surface area contributed by atoms with Gasteiger partial charge in [-0.05, 0) is 36.8 Å². The smallest absolute Gasteiger partial charge is 0.340 e. The van der Waals surface area contributed by atoms with E-state index in [0.717, 1.165) is 13.0 Å². The lowest BCUT2D eigenvalue weighted by Crippen LogP contribution is -2.33. The van der Waals surface area contributed by atoms with Crippen molar-refractivity contribution in [3.8, 4) is 17.2 Å². The summed E-state index contributed by atoms with van der Waals surface area (Å²) in [6, 6.07) is 11.7. The molecular formula is C23H14F2O5. The molecule has 2 heterocycles. The number of hydrogen-bond donors (Lipinski definition) is 0. The van der Waals surface area contributed by atoms with E-state index in [4.69, 9.17) is 14.2 Å². The van der Waals surface area contributed by atoms with E-state index in [0.29, 0.717) is 16.7 Å². The van der Waals surface area contributed by atoms with Crippen LogP contribution in [0.15, 0.2) is 48.5 Å². The van der Waals surface area contributed by atoms with Crippen LogP contribution in [0.5, 0.6) is 17.2 Å². The Kier molecular flexibility index (Phi) is 3.74. The molecule has 3 aromatic carbocycles. The van der Waals surface area contributed by atoms with Crippen LogP contribution in [0.1, 0.15) is 39.5 Å². The number of aryl methyl sites for hydroxylation is 1. The Hall–Kier alpha value is -3.74. The number of benzene rings is 3. The minimum Gasteiger partial charge on any atom is -0.456 e. The van der Waals surface area contributed by atoms with E-state index in [2.05, 4.69) is 0 Å². The van der Waals surface area contributed by atoms with Crippen molar-refractivity contribution in [3.63, 3.8) is 0 Å². The average molecular weight is 408 g/mol. The first-order valence-corrected chi connectivity index (χ1v) is 9.15. The quantitative estimate of drug-likeness (QED) is 0.429. The Morgan fingerprint density at radius 2 is 1.63 bits per heavy atom. The van der Waals surface area contributed by atoms with Crippen molar-refractivity contribution < 1.29 is 32.6 Å². The van der Waals surface area contributed by atoms with E-state index in [-0.39, 0.29) is 28.4 Å².